The molecule has 0 spiro atoms. The first-order valence-electron chi connectivity index (χ1n) is 18.6. The van der Waals surface area contributed by atoms with Gasteiger partial charge in [0.1, 0.15) is 11.5 Å². The van der Waals surface area contributed by atoms with Crippen LogP contribution in [-0.2, 0) is 37.0 Å². The number of hydrogen-bond donors (Lipinski definition) is 0. The highest BCUT2D eigenvalue weighted by Gasteiger charge is 2.31. The molecular weight excluding hydrogens is 631 g/mol. The molecule has 0 fully saturated rings. The first-order valence-corrected chi connectivity index (χ1v) is 19.7. The number of rotatable bonds is 6. The van der Waals surface area contributed by atoms with Crippen LogP contribution in [0.25, 0.3) is 21.5 Å². The highest BCUT2D eigenvalue weighted by atomic mass is 31.2. The fourth-order valence-electron chi connectivity index (χ4n) is 6.55. The van der Waals surface area contributed by atoms with Crippen molar-refractivity contribution in [3.05, 3.63) is 81.9 Å². The second-order valence-electron chi connectivity index (χ2n) is 20.5. The van der Waals surface area contributed by atoms with E-state index in [2.05, 4.69) is 173 Å². The van der Waals surface area contributed by atoms with Crippen LogP contribution in [0.1, 0.15) is 165 Å². The summed E-state index contributed by atoms with van der Waals surface area (Å²) in [6.45, 7) is 43.6. The molecule has 274 valence electrons. The van der Waals surface area contributed by atoms with Gasteiger partial charge in [-0.15, -0.1) is 0 Å². The normalized spacial score (nSPS) is 13.8. The van der Waals surface area contributed by atoms with Crippen molar-refractivity contribution >= 4 is 30.1 Å². The Balaban J connectivity index is 1.95. The van der Waals surface area contributed by atoms with E-state index in [0.717, 1.165) is 22.6 Å². The van der Waals surface area contributed by atoms with Crippen LogP contribution in [0.5, 0.6) is 11.5 Å². The van der Waals surface area contributed by atoms with Crippen LogP contribution in [0.2, 0.25) is 0 Å². The average Bonchev–Trinajstić information content (AvgIpc) is 2.92. The van der Waals surface area contributed by atoms with Crippen LogP contribution in [0.4, 0.5) is 0 Å². The van der Waals surface area contributed by atoms with Gasteiger partial charge in [0, 0.05) is 11.1 Å². The summed E-state index contributed by atoms with van der Waals surface area (Å²) in [6, 6.07) is 18.7. The Morgan fingerprint density at radius 2 is 0.720 bits per heavy atom. The lowest BCUT2D eigenvalue weighted by atomic mass is 9.76. The van der Waals surface area contributed by atoms with E-state index in [0.29, 0.717) is 6.61 Å². The molecule has 0 unspecified atom stereocenters. The Kier molecular flexibility index (Phi) is 10.8. The van der Waals surface area contributed by atoms with Gasteiger partial charge in [-0.1, -0.05) is 149 Å². The third-order valence-corrected chi connectivity index (χ3v) is 10.8. The van der Waals surface area contributed by atoms with Gasteiger partial charge in [-0.3, -0.25) is 4.52 Å². The molecule has 0 aliphatic heterocycles. The fourth-order valence-corrected chi connectivity index (χ4v) is 7.53. The predicted octanol–water partition coefficient (Wildman–Crippen LogP) is 14.5. The standard InChI is InChI=1S/C46H67O3P/c1-20-47-50(48-39-27-33-29(23-37(39)45(14,15)16)21-31(41(2,3)4)25-35(33)43(8,9)10)49-40-28-34-30(24-38(40)46(17,18)19)22-32(42(5,6)7)26-36(34)44(11,12)13/h21-28H,20H2,1-19H3. The lowest BCUT2D eigenvalue weighted by molar-refractivity contribution is 0.277. The largest absolute Gasteiger partial charge is 0.463 e. The maximum absolute atomic E-state index is 6.95. The summed E-state index contributed by atoms with van der Waals surface area (Å²) < 4.78 is 20.3. The van der Waals surface area contributed by atoms with Gasteiger partial charge in [0.25, 0.3) is 0 Å². The van der Waals surface area contributed by atoms with Gasteiger partial charge in [0.05, 0.1) is 6.61 Å². The van der Waals surface area contributed by atoms with Crippen LogP contribution in [-0.4, -0.2) is 6.61 Å². The molecule has 4 rings (SSSR count). The third kappa shape index (κ3) is 8.87. The Morgan fingerprint density at radius 1 is 0.400 bits per heavy atom. The molecule has 0 radical (unpaired) electrons. The first kappa shape index (κ1) is 40.2. The first-order chi connectivity index (χ1) is 22.5. The van der Waals surface area contributed by atoms with Crippen LogP contribution in [0, 0.1) is 0 Å². The van der Waals surface area contributed by atoms with Crippen LogP contribution in [0.3, 0.4) is 0 Å². The molecule has 0 saturated heterocycles. The molecule has 3 nitrogen and oxygen atoms in total. The molecule has 0 N–H and O–H groups in total. The Labute approximate surface area is 306 Å². The predicted molar refractivity (Wildman–Crippen MR) is 220 cm³/mol. The minimum atomic E-state index is -1.78. The quantitative estimate of drug-likeness (QED) is 0.188. The SMILES string of the molecule is CCOP(Oc1cc2c(C(C)(C)C)cc(C(C)(C)C)cc2cc1C(C)(C)C)Oc1cc2c(C(C)(C)C)cc(C(C)(C)C)cc2cc1C(C)(C)C. The van der Waals surface area contributed by atoms with Crippen LogP contribution in [0.15, 0.2) is 48.5 Å². The van der Waals surface area contributed by atoms with Crippen molar-refractivity contribution in [3.8, 4) is 11.5 Å². The molecule has 0 bridgehead atoms. The van der Waals surface area contributed by atoms with E-state index >= 15 is 0 Å². The summed E-state index contributed by atoms with van der Waals surface area (Å²) in [5, 5.41) is 4.92. The minimum Gasteiger partial charge on any atom is -0.417 e. The van der Waals surface area contributed by atoms with Crippen LogP contribution >= 0.6 is 8.60 Å². The third-order valence-electron chi connectivity index (χ3n) is 9.65. The van der Waals surface area contributed by atoms with Crippen molar-refractivity contribution < 1.29 is 13.6 Å². The van der Waals surface area contributed by atoms with Crippen molar-refractivity contribution in [2.75, 3.05) is 6.61 Å². The molecule has 0 atom stereocenters. The summed E-state index contributed by atoms with van der Waals surface area (Å²) in [6.07, 6.45) is 0. The summed E-state index contributed by atoms with van der Waals surface area (Å²) in [5.74, 6) is 1.64. The summed E-state index contributed by atoms with van der Waals surface area (Å²) >= 11 is 0. The Hall–Kier alpha value is -2.61. The molecule has 0 aromatic heterocycles. The van der Waals surface area contributed by atoms with Crippen molar-refractivity contribution in [1.29, 1.82) is 0 Å². The summed E-state index contributed by atoms with van der Waals surface area (Å²) in [7, 11) is -1.78. The lowest BCUT2D eigenvalue weighted by Crippen LogP contribution is -2.18. The number of hydrogen-bond acceptors (Lipinski definition) is 3. The van der Waals surface area contributed by atoms with E-state index in [1.807, 2.05) is 6.92 Å². The monoisotopic (exact) mass is 698 g/mol. The molecule has 0 heterocycles. The highest BCUT2D eigenvalue weighted by molar-refractivity contribution is 7.42. The van der Waals surface area contributed by atoms with Gasteiger partial charge in [0.15, 0.2) is 0 Å². The zero-order chi connectivity index (χ0) is 38.0. The molecule has 0 amide bonds. The molecule has 0 aliphatic rings. The fraction of sp³-hybridized carbons (Fsp3) is 0.565. The second kappa shape index (κ2) is 13.4. The molecule has 4 aromatic carbocycles. The van der Waals surface area contributed by atoms with Gasteiger partial charge < -0.3 is 9.05 Å². The van der Waals surface area contributed by atoms with E-state index in [4.69, 9.17) is 13.6 Å². The smallest absolute Gasteiger partial charge is 0.417 e. The second-order valence-corrected chi connectivity index (χ2v) is 21.6. The summed E-state index contributed by atoms with van der Waals surface area (Å²) in [5.41, 5.74) is 7.26. The number of fused-ring (bicyclic) bond motifs is 2. The van der Waals surface area contributed by atoms with Gasteiger partial charge >= 0.3 is 8.60 Å². The minimum absolute atomic E-state index is 0.0359. The van der Waals surface area contributed by atoms with Gasteiger partial charge in [0.2, 0.25) is 0 Å². The van der Waals surface area contributed by atoms with E-state index in [1.54, 1.807) is 0 Å². The summed E-state index contributed by atoms with van der Waals surface area (Å²) in [4.78, 5) is 0. The zero-order valence-electron chi connectivity index (χ0n) is 35.0. The van der Waals surface area contributed by atoms with Crippen molar-refractivity contribution in [2.24, 2.45) is 0 Å². The average molecular weight is 699 g/mol. The molecule has 0 aliphatic carbocycles. The van der Waals surface area contributed by atoms with E-state index in [1.165, 1.54) is 43.8 Å². The highest BCUT2D eigenvalue weighted by Crippen LogP contribution is 2.50. The maximum atomic E-state index is 6.95. The topological polar surface area (TPSA) is 27.7 Å². The van der Waals surface area contributed by atoms with Crippen molar-refractivity contribution in [2.45, 2.75) is 164 Å². The van der Waals surface area contributed by atoms with E-state index in [9.17, 15) is 0 Å². The van der Waals surface area contributed by atoms with Crippen molar-refractivity contribution in [1.82, 2.24) is 0 Å². The van der Waals surface area contributed by atoms with Crippen molar-refractivity contribution in [3.63, 3.8) is 0 Å². The molecule has 4 heteroatoms. The molecule has 50 heavy (non-hydrogen) atoms. The van der Waals surface area contributed by atoms with Gasteiger partial charge in [-0.05, 0) is 107 Å². The van der Waals surface area contributed by atoms with Gasteiger partial charge in [-0.2, -0.15) is 0 Å². The van der Waals surface area contributed by atoms with E-state index < -0.39 is 8.60 Å². The van der Waals surface area contributed by atoms with Crippen LogP contribution < -0.4 is 9.05 Å². The Morgan fingerprint density at radius 3 is 0.980 bits per heavy atom. The zero-order valence-corrected chi connectivity index (χ0v) is 35.9. The molecular formula is C46H67O3P. The maximum Gasteiger partial charge on any atom is 0.463 e. The lowest BCUT2D eigenvalue weighted by Gasteiger charge is -2.31. The molecule has 0 saturated carbocycles. The van der Waals surface area contributed by atoms with E-state index in [-0.39, 0.29) is 32.5 Å². The molecule has 4 aromatic rings. The number of benzene rings is 4. The Bertz CT molecular complexity index is 1720. The van der Waals surface area contributed by atoms with Gasteiger partial charge in [-0.25, -0.2) is 0 Å².